The van der Waals surface area contributed by atoms with E-state index < -0.39 is 0 Å². The van der Waals surface area contributed by atoms with Crippen LogP contribution < -0.4 is 5.32 Å². The smallest absolute Gasteiger partial charge is 0.0669 e. The van der Waals surface area contributed by atoms with Gasteiger partial charge < -0.3 is 10.1 Å². The predicted octanol–water partition coefficient (Wildman–Crippen LogP) is 2.73. The van der Waals surface area contributed by atoms with E-state index in [9.17, 15) is 0 Å². The van der Waals surface area contributed by atoms with Gasteiger partial charge in [0.15, 0.2) is 0 Å². The molecule has 0 aromatic heterocycles. The average Bonchev–Trinajstić information content (AvgIpc) is 2.29. The molecule has 1 aliphatic rings. The maximum Gasteiger partial charge on any atom is 0.0669 e. The zero-order valence-corrected chi connectivity index (χ0v) is 10.1. The summed E-state index contributed by atoms with van der Waals surface area (Å²) in [5, 5.41) is 12.1. The van der Waals surface area contributed by atoms with Crippen molar-refractivity contribution in [2.75, 3.05) is 11.9 Å². The first-order valence-corrected chi connectivity index (χ1v) is 6.16. The lowest BCUT2D eigenvalue weighted by Crippen LogP contribution is -2.40. The second-order valence-corrected chi connectivity index (χ2v) is 4.42. The molecule has 0 heterocycles. The molecule has 0 unspecified atom stereocenters. The molecule has 0 saturated heterocycles. The quantitative estimate of drug-likeness (QED) is 0.846. The number of nitrogens with zero attached hydrogens (tertiary/aromatic N) is 1. The molecule has 1 aromatic rings. The number of nitrogens with one attached hydrogen (secondary N) is 1. The van der Waals surface area contributed by atoms with E-state index in [1.807, 2.05) is 31.2 Å². The second kappa shape index (κ2) is 5.70. The Morgan fingerprint density at radius 1 is 1.35 bits per heavy atom. The van der Waals surface area contributed by atoms with Gasteiger partial charge in [0.2, 0.25) is 0 Å². The van der Waals surface area contributed by atoms with Crippen LogP contribution in [0.3, 0.4) is 0 Å². The van der Waals surface area contributed by atoms with Crippen LogP contribution >= 0.6 is 0 Å². The molecule has 0 radical (unpaired) electrons. The highest BCUT2D eigenvalue weighted by molar-refractivity contribution is 5.46. The molecular formula is C14H18N2O. The molecule has 2 rings (SSSR count). The minimum absolute atomic E-state index is 0.440. The molecule has 0 amide bonds. The molecule has 0 aliphatic heterocycles. The molecule has 3 heteroatoms. The Bertz CT molecular complexity index is 388. The van der Waals surface area contributed by atoms with Gasteiger partial charge in [-0.3, -0.25) is 0 Å². The normalized spacial score (nSPS) is 22.6. The number of ether oxygens (including phenoxy) is 1. The molecular weight excluding hydrogens is 212 g/mol. The number of hydrogen-bond donors (Lipinski definition) is 1. The summed E-state index contributed by atoms with van der Waals surface area (Å²) < 4.78 is 5.52. The van der Waals surface area contributed by atoms with E-state index in [1.165, 1.54) is 0 Å². The topological polar surface area (TPSA) is 45.0 Å². The number of hydrogen-bond acceptors (Lipinski definition) is 3. The Balaban J connectivity index is 1.79. The molecule has 3 nitrogen and oxygen atoms in total. The van der Waals surface area contributed by atoms with E-state index in [1.54, 1.807) is 0 Å². The molecule has 1 saturated carbocycles. The van der Waals surface area contributed by atoms with Gasteiger partial charge in [-0.2, -0.15) is 5.26 Å². The van der Waals surface area contributed by atoms with E-state index in [0.717, 1.165) is 30.7 Å². The van der Waals surface area contributed by atoms with Crippen LogP contribution in [0.25, 0.3) is 0 Å². The number of rotatable bonds is 5. The summed E-state index contributed by atoms with van der Waals surface area (Å²) in [7, 11) is 0. The molecule has 90 valence electrons. The summed E-state index contributed by atoms with van der Waals surface area (Å²) in [5.41, 5.74) is 2.20. The van der Waals surface area contributed by atoms with E-state index in [0.29, 0.717) is 18.6 Å². The highest BCUT2D eigenvalue weighted by atomic mass is 16.5. The monoisotopic (exact) mass is 230 g/mol. The summed E-state index contributed by atoms with van der Waals surface area (Å²) in [6.07, 6.45) is 3.10. The maximum absolute atomic E-state index is 8.58. The SMILES string of the molecule is CCOC1CC(Nc2ccc(CC#N)cc2)C1. The summed E-state index contributed by atoms with van der Waals surface area (Å²) in [6.45, 7) is 2.84. The van der Waals surface area contributed by atoms with Crippen molar-refractivity contribution in [2.45, 2.75) is 38.3 Å². The van der Waals surface area contributed by atoms with Gasteiger partial charge in [0.25, 0.3) is 0 Å². The molecule has 1 fully saturated rings. The molecule has 1 N–H and O–H groups in total. The van der Waals surface area contributed by atoms with E-state index in [4.69, 9.17) is 10.00 Å². The van der Waals surface area contributed by atoms with Gasteiger partial charge in [-0.25, -0.2) is 0 Å². The lowest BCUT2D eigenvalue weighted by Gasteiger charge is -2.36. The van der Waals surface area contributed by atoms with Crippen LogP contribution in [-0.4, -0.2) is 18.8 Å². The van der Waals surface area contributed by atoms with Crippen molar-refractivity contribution in [3.8, 4) is 6.07 Å². The number of benzene rings is 1. The lowest BCUT2D eigenvalue weighted by atomic mass is 9.89. The van der Waals surface area contributed by atoms with Crippen LogP contribution in [-0.2, 0) is 11.2 Å². The fourth-order valence-corrected chi connectivity index (χ4v) is 2.10. The van der Waals surface area contributed by atoms with Crippen LogP contribution in [0.15, 0.2) is 24.3 Å². The number of nitriles is 1. The van der Waals surface area contributed by atoms with Crippen molar-refractivity contribution >= 4 is 5.69 Å². The van der Waals surface area contributed by atoms with E-state index >= 15 is 0 Å². The lowest BCUT2D eigenvalue weighted by molar-refractivity contribution is 0.00299. The zero-order valence-electron chi connectivity index (χ0n) is 10.1. The minimum Gasteiger partial charge on any atom is -0.382 e. The second-order valence-electron chi connectivity index (χ2n) is 4.42. The van der Waals surface area contributed by atoms with Gasteiger partial charge in [-0.15, -0.1) is 0 Å². The van der Waals surface area contributed by atoms with E-state index in [2.05, 4.69) is 11.4 Å². The van der Waals surface area contributed by atoms with Gasteiger partial charge in [0.05, 0.1) is 18.6 Å². The van der Waals surface area contributed by atoms with Crippen molar-refractivity contribution in [1.29, 1.82) is 5.26 Å². The summed E-state index contributed by atoms with van der Waals surface area (Å²) in [6, 6.07) is 10.8. The van der Waals surface area contributed by atoms with Gasteiger partial charge in [-0.1, -0.05) is 12.1 Å². The van der Waals surface area contributed by atoms with Crippen LogP contribution in [0.1, 0.15) is 25.3 Å². The highest BCUT2D eigenvalue weighted by Crippen LogP contribution is 2.26. The van der Waals surface area contributed by atoms with Crippen LogP contribution in [0.2, 0.25) is 0 Å². The van der Waals surface area contributed by atoms with Crippen LogP contribution in [0.5, 0.6) is 0 Å². The Hall–Kier alpha value is -1.53. The maximum atomic E-state index is 8.58. The molecule has 0 spiro atoms. The molecule has 1 aliphatic carbocycles. The first-order valence-electron chi connectivity index (χ1n) is 6.16. The van der Waals surface area contributed by atoms with Gasteiger partial charge in [-0.05, 0) is 37.5 Å². The van der Waals surface area contributed by atoms with Gasteiger partial charge in [0.1, 0.15) is 0 Å². The average molecular weight is 230 g/mol. The van der Waals surface area contributed by atoms with Crippen molar-refractivity contribution in [3.05, 3.63) is 29.8 Å². The van der Waals surface area contributed by atoms with Gasteiger partial charge >= 0.3 is 0 Å². The summed E-state index contributed by atoms with van der Waals surface area (Å²) in [4.78, 5) is 0. The summed E-state index contributed by atoms with van der Waals surface area (Å²) in [5.74, 6) is 0. The fourth-order valence-electron chi connectivity index (χ4n) is 2.10. The van der Waals surface area contributed by atoms with Crippen molar-refractivity contribution in [2.24, 2.45) is 0 Å². The predicted molar refractivity (Wildman–Crippen MR) is 67.8 cm³/mol. The minimum atomic E-state index is 0.440. The molecule has 17 heavy (non-hydrogen) atoms. The zero-order chi connectivity index (χ0) is 12.1. The first-order chi connectivity index (χ1) is 8.31. The standard InChI is InChI=1S/C14H18N2O/c1-2-17-14-9-13(10-14)16-12-5-3-11(4-6-12)7-8-15/h3-6,13-14,16H,2,7,9-10H2,1H3. The largest absolute Gasteiger partial charge is 0.382 e. The molecule has 1 aromatic carbocycles. The Labute approximate surface area is 102 Å². The third kappa shape index (κ3) is 3.21. The van der Waals surface area contributed by atoms with Crippen LogP contribution in [0, 0.1) is 11.3 Å². The Morgan fingerprint density at radius 3 is 2.65 bits per heavy atom. The van der Waals surface area contributed by atoms with Crippen molar-refractivity contribution in [1.82, 2.24) is 0 Å². The third-order valence-corrected chi connectivity index (χ3v) is 3.11. The van der Waals surface area contributed by atoms with E-state index in [-0.39, 0.29) is 0 Å². The third-order valence-electron chi connectivity index (χ3n) is 3.11. The fraction of sp³-hybridized carbons (Fsp3) is 0.500. The van der Waals surface area contributed by atoms with Crippen molar-refractivity contribution < 1.29 is 4.74 Å². The van der Waals surface area contributed by atoms with Crippen LogP contribution in [0.4, 0.5) is 5.69 Å². The highest BCUT2D eigenvalue weighted by Gasteiger charge is 2.29. The first kappa shape index (κ1) is 11.9. The molecule has 0 atom stereocenters. The Kier molecular flexibility index (Phi) is 4.00. The summed E-state index contributed by atoms with van der Waals surface area (Å²) >= 11 is 0. The number of anilines is 1. The Morgan fingerprint density at radius 2 is 2.06 bits per heavy atom. The molecule has 0 bridgehead atoms. The van der Waals surface area contributed by atoms with Crippen molar-refractivity contribution in [3.63, 3.8) is 0 Å². The van der Waals surface area contributed by atoms with Gasteiger partial charge in [0, 0.05) is 18.3 Å².